The molecule has 0 aliphatic rings. The average molecular weight is 460 g/mol. The minimum absolute atomic E-state index is 0.201. The molecule has 0 saturated carbocycles. The highest BCUT2D eigenvalue weighted by Crippen LogP contribution is 2.29. The third-order valence-corrected chi connectivity index (χ3v) is 5.12. The van der Waals surface area contributed by atoms with Crippen LogP contribution in [0.3, 0.4) is 0 Å². The van der Waals surface area contributed by atoms with Gasteiger partial charge >= 0.3 is 0 Å². The normalized spacial score (nSPS) is 10.6. The van der Waals surface area contributed by atoms with Crippen molar-refractivity contribution in [3.05, 3.63) is 78.2 Å². The zero-order chi connectivity index (χ0) is 23.9. The van der Waals surface area contributed by atoms with Crippen molar-refractivity contribution < 1.29 is 19.0 Å². The number of ether oxygens (including phenoxy) is 3. The van der Waals surface area contributed by atoms with E-state index in [0.717, 1.165) is 11.1 Å². The van der Waals surface area contributed by atoms with Gasteiger partial charge in [-0.05, 0) is 48.9 Å². The third-order valence-electron chi connectivity index (χ3n) is 5.12. The molecule has 0 radical (unpaired) electrons. The first-order valence-corrected chi connectivity index (χ1v) is 10.7. The van der Waals surface area contributed by atoms with Crippen LogP contribution in [0.1, 0.15) is 23.0 Å². The first-order valence-electron chi connectivity index (χ1n) is 10.7. The van der Waals surface area contributed by atoms with Crippen molar-refractivity contribution in [1.29, 1.82) is 0 Å². The number of aromatic nitrogens is 4. The van der Waals surface area contributed by atoms with Gasteiger partial charge in [-0.3, -0.25) is 9.78 Å². The lowest BCUT2D eigenvalue weighted by molar-refractivity contribution is 0.0946. The fourth-order valence-corrected chi connectivity index (χ4v) is 3.49. The van der Waals surface area contributed by atoms with Crippen molar-refractivity contribution in [2.75, 3.05) is 20.8 Å². The lowest BCUT2D eigenvalue weighted by atomic mass is 10.1. The Kier molecular flexibility index (Phi) is 7.02. The average Bonchev–Trinajstić information content (AvgIpc) is 3.33. The Morgan fingerprint density at radius 1 is 1.00 bits per heavy atom. The standard InChI is InChI=1S/C25H25N5O4/c1-4-34-22-14-17(8-9-21(22)33-3)16-27-25(31)23-24(18-10-12-26-13-11-18)30(29-28-23)19-6-5-7-20(15-19)32-2/h5-15H,4,16H2,1-3H3,(H,27,31). The Balaban J connectivity index is 1.64. The molecule has 2 aromatic heterocycles. The summed E-state index contributed by atoms with van der Waals surface area (Å²) in [6, 6.07) is 16.5. The molecule has 0 spiro atoms. The highest BCUT2D eigenvalue weighted by molar-refractivity contribution is 5.98. The van der Waals surface area contributed by atoms with Crippen LogP contribution in [-0.4, -0.2) is 46.7 Å². The summed E-state index contributed by atoms with van der Waals surface area (Å²) < 4.78 is 17.9. The molecule has 2 aromatic carbocycles. The lowest BCUT2D eigenvalue weighted by Crippen LogP contribution is -2.24. The topological polar surface area (TPSA) is 100 Å². The van der Waals surface area contributed by atoms with Gasteiger partial charge in [0.1, 0.15) is 11.4 Å². The van der Waals surface area contributed by atoms with Gasteiger partial charge in [-0.25, -0.2) is 4.68 Å². The number of benzene rings is 2. The molecule has 2 heterocycles. The summed E-state index contributed by atoms with van der Waals surface area (Å²) in [5, 5.41) is 11.4. The van der Waals surface area contributed by atoms with Gasteiger partial charge in [0.05, 0.1) is 26.5 Å². The number of nitrogens with one attached hydrogen (secondary N) is 1. The fourth-order valence-electron chi connectivity index (χ4n) is 3.49. The smallest absolute Gasteiger partial charge is 0.274 e. The summed E-state index contributed by atoms with van der Waals surface area (Å²) in [4.78, 5) is 17.3. The number of nitrogens with zero attached hydrogens (tertiary/aromatic N) is 4. The first-order chi connectivity index (χ1) is 16.6. The van der Waals surface area contributed by atoms with Gasteiger partial charge in [-0.15, -0.1) is 5.10 Å². The molecule has 0 fully saturated rings. The van der Waals surface area contributed by atoms with Crippen LogP contribution in [0, 0.1) is 0 Å². The quantitative estimate of drug-likeness (QED) is 0.408. The van der Waals surface area contributed by atoms with Crippen LogP contribution in [-0.2, 0) is 6.54 Å². The molecular weight excluding hydrogens is 434 g/mol. The van der Waals surface area contributed by atoms with Gasteiger partial charge in [-0.1, -0.05) is 17.3 Å². The molecule has 4 aromatic rings. The van der Waals surface area contributed by atoms with Crippen LogP contribution >= 0.6 is 0 Å². The lowest BCUT2D eigenvalue weighted by Gasteiger charge is -2.12. The zero-order valence-electron chi connectivity index (χ0n) is 19.2. The highest BCUT2D eigenvalue weighted by Gasteiger charge is 2.22. The van der Waals surface area contributed by atoms with E-state index in [1.54, 1.807) is 31.3 Å². The molecule has 0 aliphatic heterocycles. The van der Waals surface area contributed by atoms with Crippen molar-refractivity contribution in [3.8, 4) is 34.2 Å². The van der Waals surface area contributed by atoms with Gasteiger partial charge in [0, 0.05) is 30.6 Å². The Morgan fingerprint density at radius 2 is 1.82 bits per heavy atom. The van der Waals surface area contributed by atoms with Crippen LogP contribution < -0.4 is 19.5 Å². The zero-order valence-corrected chi connectivity index (χ0v) is 19.2. The van der Waals surface area contributed by atoms with Crippen LogP contribution in [0.25, 0.3) is 16.9 Å². The van der Waals surface area contributed by atoms with Crippen LogP contribution in [0.4, 0.5) is 0 Å². The summed E-state index contributed by atoms with van der Waals surface area (Å²) in [5.41, 5.74) is 3.10. The Labute approximate surface area is 197 Å². The predicted octanol–water partition coefficient (Wildman–Crippen LogP) is 3.68. The number of hydrogen-bond donors (Lipinski definition) is 1. The molecule has 4 rings (SSSR count). The van der Waals surface area contributed by atoms with Crippen molar-refractivity contribution in [3.63, 3.8) is 0 Å². The molecule has 9 heteroatoms. The van der Waals surface area contributed by atoms with E-state index < -0.39 is 0 Å². The maximum atomic E-state index is 13.2. The van der Waals surface area contributed by atoms with Crippen molar-refractivity contribution >= 4 is 5.91 Å². The third kappa shape index (κ3) is 4.83. The molecule has 174 valence electrons. The predicted molar refractivity (Wildman–Crippen MR) is 126 cm³/mol. The van der Waals surface area contributed by atoms with E-state index in [1.807, 2.05) is 61.5 Å². The van der Waals surface area contributed by atoms with E-state index >= 15 is 0 Å². The summed E-state index contributed by atoms with van der Waals surface area (Å²) in [7, 11) is 3.19. The molecule has 1 amide bonds. The summed E-state index contributed by atoms with van der Waals surface area (Å²) in [5.74, 6) is 1.58. The first kappa shape index (κ1) is 22.8. The van der Waals surface area contributed by atoms with E-state index in [2.05, 4.69) is 20.6 Å². The number of methoxy groups -OCH3 is 2. The number of hydrogen-bond acceptors (Lipinski definition) is 7. The SMILES string of the molecule is CCOc1cc(CNC(=O)c2nnn(-c3cccc(OC)c3)c2-c2ccncc2)ccc1OC. The van der Waals surface area contributed by atoms with Gasteiger partial charge in [-0.2, -0.15) is 0 Å². The van der Waals surface area contributed by atoms with Gasteiger partial charge in [0.15, 0.2) is 17.2 Å². The molecule has 0 atom stereocenters. The monoisotopic (exact) mass is 459 g/mol. The summed E-state index contributed by atoms with van der Waals surface area (Å²) >= 11 is 0. The minimum Gasteiger partial charge on any atom is -0.497 e. The molecular formula is C25H25N5O4. The highest BCUT2D eigenvalue weighted by atomic mass is 16.5. The van der Waals surface area contributed by atoms with E-state index in [1.165, 1.54) is 0 Å². The van der Waals surface area contributed by atoms with Crippen molar-refractivity contribution in [2.45, 2.75) is 13.5 Å². The van der Waals surface area contributed by atoms with Crippen LogP contribution in [0.15, 0.2) is 67.0 Å². The fraction of sp³-hybridized carbons (Fsp3) is 0.200. The maximum Gasteiger partial charge on any atom is 0.274 e. The van der Waals surface area contributed by atoms with Gasteiger partial charge < -0.3 is 19.5 Å². The summed E-state index contributed by atoms with van der Waals surface area (Å²) in [6.45, 7) is 2.69. The van der Waals surface area contributed by atoms with Crippen LogP contribution in [0.5, 0.6) is 17.2 Å². The van der Waals surface area contributed by atoms with Gasteiger partial charge in [0.2, 0.25) is 0 Å². The molecule has 0 bridgehead atoms. The second-order valence-electron chi connectivity index (χ2n) is 7.24. The maximum absolute atomic E-state index is 13.2. The molecule has 0 unspecified atom stereocenters. The number of carbonyl (C=O) groups is 1. The number of pyridine rings is 1. The van der Waals surface area contributed by atoms with Crippen molar-refractivity contribution in [1.82, 2.24) is 25.3 Å². The number of carbonyl (C=O) groups excluding carboxylic acids is 1. The second kappa shape index (κ2) is 10.5. The largest absolute Gasteiger partial charge is 0.497 e. The second-order valence-corrected chi connectivity index (χ2v) is 7.24. The van der Waals surface area contributed by atoms with Crippen LogP contribution in [0.2, 0.25) is 0 Å². The Hall–Kier alpha value is -4.40. The Morgan fingerprint density at radius 3 is 2.56 bits per heavy atom. The molecule has 34 heavy (non-hydrogen) atoms. The van der Waals surface area contributed by atoms with E-state index in [0.29, 0.717) is 35.2 Å². The minimum atomic E-state index is -0.352. The van der Waals surface area contributed by atoms with E-state index in [4.69, 9.17) is 14.2 Å². The molecule has 0 aliphatic carbocycles. The number of amides is 1. The van der Waals surface area contributed by atoms with Gasteiger partial charge in [0.25, 0.3) is 5.91 Å². The molecule has 9 nitrogen and oxygen atoms in total. The Bertz CT molecular complexity index is 1270. The summed E-state index contributed by atoms with van der Waals surface area (Å²) in [6.07, 6.45) is 3.32. The molecule has 1 N–H and O–H groups in total. The van der Waals surface area contributed by atoms with E-state index in [9.17, 15) is 4.79 Å². The van der Waals surface area contributed by atoms with Crippen molar-refractivity contribution in [2.24, 2.45) is 0 Å². The molecule has 0 saturated heterocycles. The number of rotatable bonds is 9. The van der Waals surface area contributed by atoms with E-state index in [-0.39, 0.29) is 18.1 Å².